The summed E-state index contributed by atoms with van der Waals surface area (Å²) < 4.78 is 0. The van der Waals surface area contributed by atoms with E-state index >= 15 is 0 Å². The molecule has 0 atom stereocenters. The molecular weight excluding hydrogens is 454 g/mol. The van der Waals surface area contributed by atoms with Crippen molar-refractivity contribution in [2.45, 2.75) is 187 Å². The van der Waals surface area contributed by atoms with Crippen molar-refractivity contribution in [1.82, 2.24) is 5.32 Å². The molecule has 37 heavy (non-hydrogen) atoms. The van der Waals surface area contributed by atoms with Crippen LogP contribution >= 0.6 is 0 Å². The first-order valence-electron chi connectivity index (χ1n) is 16.7. The van der Waals surface area contributed by atoms with Crippen molar-refractivity contribution < 1.29 is 9.59 Å². The van der Waals surface area contributed by atoms with Crippen LogP contribution in [0, 0.1) is 0 Å². The van der Waals surface area contributed by atoms with Gasteiger partial charge in [0.05, 0.1) is 0 Å². The van der Waals surface area contributed by atoms with Crippen LogP contribution in [-0.4, -0.2) is 18.2 Å². The molecule has 0 aliphatic heterocycles. The maximum Gasteiger partial charge on any atom is 0.287 e. The Morgan fingerprint density at radius 2 is 0.811 bits per heavy atom. The van der Waals surface area contributed by atoms with Crippen molar-refractivity contribution in [3.05, 3.63) is 12.2 Å². The molecule has 0 spiro atoms. The average Bonchev–Trinajstić information content (AvgIpc) is 2.90. The molecule has 0 aliphatic carbocycles. The molecule has 0 unspecified atom stereocenters. The average molecular weight is 520 g/mol. The smallest absolute Gasteiger partial charge is 0.287 e. The molecule has 3 nitrogen and oxygen atoms in total. The highest BCUT2D eigenvalue weighted by Crippen LogP contribution is 2.13. The second-order valence-corrected chi connectivity index (χ2v) is 11.3. The molecule has 0 radical (unpaired) electrons. The quantitative estimate of drug-likeness (QED) is 0.0582. The predicted molar refractivity (Wildman–Crippen MR) is 163 cm³/mol. The lowest BCUT2D eigenvalue weighted by Gasteiger charge is -2.05. The fourth-order valence-corrected chi connectivity index (χ4v) is 4.91. The largest absolute Gasteiger partial charge is 0.350 e. The minimum absolute atomic E-state index is 0.225. The number of allylic oxidation sites excluding steroid dienone is 2. The lowest BCUT2D eigenvalue weighted by atomic mass is 10.0. The lowest BCUT2D eigenvalue weighted by molar-refractivity contribution is -0.138. The second-order valence-electron chi connectivity index (χ2n) is 11.3. The summed E-state index contributed by atoms with van der Waals surface area (Å²) >= 11 is 0. The normalized spacial score (nSPS) is 11.4. The van der Waals surface area contributed by atoms with Crippen LogP contribution in [0.4, 0.5) is 0 Å². The third-order valence-electron chi connectivity index (χ3n) is 7.48. The molecule has 0 aromatic rings. The van der Waals surface area contributed by atoms with Gasteiger partial charge in [-0.15, -0.1) is 0 Å². The number of hydrogen-bond acceptors (Lipinski definition) is 2. The van der Waals surface area contributed by atoms with Gasteiger partial charge in [-0.05, 0) is 38.5 Å². The summed E-state index contributed by atoms with van der Waals surface area (Å²) in [5.74, 6) is -0.590. The molecule has 0 aromatic heterocycles. The van der Waals surface area contributed by atoms with E-state index in [2.05, 4.69) is 31.3 Å². The first-order valence-corrected chi connectivity index (χ1v) is 16.7. The Kier molecular flexibility index (Phi) is 30.2. The summed E-state index contributed by atoms with van der Waals surface area (Å²) in [5, 5.41) is 2.83. The van der Waals surface area contributed by atoms with E-state index in [4.69, 9.17) is 0 Å². The van der Waals surface area contributed by atoms with E-state index in [1.54, 1.807) is 0 Å². The first-order chi connectivity index (χ1) is 18.2. The zero-order valence-corrected chi connectivity index (χ0v) is 25.3. The van der Waals surface area contributed by atoms with E-state index < -0.39 is 0 Å². The molecule has 218 valence electrons. The minimum Gasteiger partial charge on any atom is -0.350 e. The summed E-state index contributed by atoms with van der Waals surface area (Å²) in [5.41, 5.74) is 0. The monoisotopic (exact) mass is 520 g/mol. The van der Waals surface area contributed by atoms with E-state index in [9.17, 15) is 9.59 Å². The number of carbonyl (C=O) groups is 2. The van der Waals surface area contributed by atoms with Gasteiger partial charge in [0.2, 0.25) is 5.78 Å². The van der Waals surface area contributed by atoms with Crippen LogP contribution in [0.3, 0.4) is 0 Å². The van der Waals surface area contributed by atoms with Gasteiger partial charge in [-0.2, -0.15) is 0 Å². The van der Waals surface area contributed by atoms with E-state index in [1.807, 2.05) is 0 Å². The minimum atomic E-state index is -0.365. The second kappa shape index (κ2) is 31.1. The van der Waals surface area contributed by atoms with Crippen LogP contribution in [0.25, 0.3) is 0 Å². The van der Waals surface area contributed by atoms with Gasteiger partial charge >= 0.3 is 0 Å². The maximum absolute atomic E-state index is 12.0. The molecule has 3 heteroatoms. The molecule has 1 amide bonds. The van der Waals surface area contributed by atoms with Crippen molar-refractivity contribution in [3.63, 3.8) is 0 Å². The molecule has 0 aliphatic rings. The summed E-state index contributed by atoms with van der Waals surface area (Å²) in [6, 6.07) is 0. The topological polar surface area (TPSA) is 46.2 Å². The van der Waals surface area contributed by atoms with E-state index in [0.717, 1.165) is 25.7 Å². The van der Waals surface area contributed by atoms with E-state index in [-0.39, 0.29) is 11.7 Å². The van der Waals surface area contributed by atoms with Gasteiger partial charge in [0.15, 0.2) is 0 Å². The molecule has 0 rings (SSSR count). The molecule has 1 N–H and O–H groups in total. The molecule has 0 heterocycles. The lowest BCUT2D eigenvalue weighted by Crippen LogP contribution is -2.31. The molecule has 0 aromatic carbocycles. The van der Waals surface area contributed by atoms with Gasteiger partial charge in [0, 0.05) is 13.0 Å². The Morgan fingerprint density at radius 3 is 1.24 bits per heavy atom. The number of ketones is 1. The number of Topliss-reactive ketones (excluding diaryl/α,β-unsaturated/α-hetero) is 1. The number of nitrogens with one attached hydrogen (secondary N) is 1. The van der Waals surface area contributed by atoms with Gasteiger partial charge < -0.3 is 5.32 Å². The van der Waals surface area contributed by atoms with Gasteiger partial charge in [-0.25, -0.2) is 0 Å². The summed E-state index contributed by atoms with van der Waals surface area (Å²) in [4.78, 5) is 24.0. The van der Waals surface area contributed by atoms with Crippen molar-refractivity contribution in [3.8, 4) is 0 Å². The van der Waals surface area contributed by atoms with Gasteiger partial charge in [-0.3, -0.25) is 9.59 Å². The maximum atomic E-state index is 12.0. The van der Waals surface area contributed by atoms with Crippen molar-refractivity contribution in [1.29, 1.82) is 0 Å². The number of unbranched alkanes of at least 4 members (excludes halogenated alkanes) is 23. The predicted octanol–water partition coefficient (Wildman–Crippen LogP) is 10.8. The molecule has 0 saturated heterocycles. The Hall–Kier alpha value is -1.12. The zero-order chi connectivity index (χ0) is 27.1. The van der Waals surface area contributed by atoms with Gasteiger partial charge in [-0.1, -0.05) is 154 Å². The van der Waals surface area contributed by atoms with Crippen LogP contribution in [0.5, 0.6) is 0 Å². The Balaban J connectivity index is 3.33. The molecular formula is C34H65NO2. The van der Waals surface area contributed by atoms with Crippen LogP contribution in [0.1, 0.15) is 187 Å². The Labute approximate surface area is 232 Å². The van der Waals surface area contributed by atoms with Crippen LogP contribution < -0.4 is 5.32 Å². The van der Waals surface area contributed by atoms with Crippen LogP contribution in [0.2, 0.25) is 0 Å². The third kappa shape index (κ3) is 29.3. The molecule has 0 fully saturated rings. The van der Waals surface area contributed by atoms with Crippen molar-refractivity contribution >= 4 is 11.7 Å². The van der Waals surface area contributed by atoms with Crippen molar-refractivity contribution in [2.24, 2.45) is 0 Å². The van der Waals surface area contributed by atoms with Gasteiger partial charge in [0.1, 0.15) is 0 Å². The van der Waals surface area contributed by atoms with Crippen LogP contribution in [0.15, 0.2) is 12.2 Å². The summed E-state index contributed by atoms with van der Waals surface area (Å²) in [6.07, 6.45) is 38.4. The zero-order valence-electron chi connectivity index (χ0n) is 25.3. The van der Waals surface area contributed by atoms with E-state index in [0.29, 0.717) is 13.0 Å². The Bertz CT molecular complexity index is 514. The number of hydrogen-bond donors (Lipinski definition) is 1. The fourth-order valence-electron chi connectivity index (χ4n) is 4.91. The summed E-state index contributed by atoms with van der Waals surface area (Å²) in [7, 11) is 0. The SMILES string of the molecule is CCCCCCCC/C=C\CCCCCCCCNC(=O)C(=O)CCCCCCCCCCCCCC. The van der Waals surface area contributed by atoms with Crippen LogP contribution in [-0.2, 0) is 9.59 Å². The third-order valence-corrected chi connectivity index (χ3v) is 7.48. The first kappa shape index (κ1) is 35.9. The fraction of sp³-hybridized carbons (Fsp3) is 0.882. The molecule has 0 saturated carbocycles. The highest BCUT2D eigenvalue weighted by molar-refractivity contribution is 6.36. The van der Waals surface area contributed by atoms with Gasteiger partial charge in [0.25, 0.3) is 5.91 Å². The highest BCUT2D eigenvalue weighted by Gasteiger charge is 2.11. The van der Waals surface area contributed by atoms with E-state index in [1.165, 1.54) is 141 Å². The number of rotatable bonds is 30. The summed E-state index contributed by atoms with van der Waals surface area (Å²) in [6.45, 7) is 5.18. The van der Waals surface area contributed by atoms with Crippen molar-refractivity contribution in [2.75, 3.05) is 6.54 Å². The number of carbonyl (C=O) groups excluding carboxylic acids is 2. The number of amides is 1. The highest BCUT2D eigenvalue weighted by atomic mass is 16.2. The molecule has 0 bridgehead atoms. The standard InChI is InChI=1S/C34H65NO2/c1-3-5-7-9-11-13-15-17-18-19-20-22-24-26-28-30-32-35-34(37)33(36)31-29-27-25-23-21-16-14-12-10-8-6-4-2/h17-18H,3-16,19-32H2,1-2H3,(H,35,37)/b18-17-. The Morgan fingerprint density at radius 1 is 0.459 bits per heavy atom.